The van der Waals surface area contributed by atoms with Crippen LogP contribution in [-0.2, 0) is 0 Å². The predicted molar refractivity (Wildman–Crippen MR) is 103 cm³/mol. The monoisotopic (exact) mass is 393 g/mol. The number of methoxy groups -OCH3 is 1. The Balaban J connectivity index is 1.75. The third-order valence-corrected chi connectivity index (χ3v) is 5.08. The van der Waals surface area contributed by atoms with Crippen LogP contribution in [0.1, 0.15) is 34.9 Å². The van der Waals surface area contributed by atoms with Crippen LogP contribution >= 0.6 is 23.2 Å². The lowest BCUT2D eigenvalue weighted by Gasteiger charge is -2.28. The summed E-state index contributed by atoms with van der Waals surface area (Å²) >= 11 is 12.0. The lowest BCUT2D eigenvalue weighted by atomic mass is 10.1. The van der Waals surface area contributed by atoms with Gasteiger partial charge in [0.05, 0.1) is 18.2 Å². The van der Waals surface area contributed by atoms with E-state index in [0.29, 0.717) is 6.54 Å². The van der Waals surface area contributed by atoms with E-state index in [1.807, 2.05) is 24.3 Å². The van der Waals surface area contributed by atoms with Crippen molar-refractivity contribution in [1.29, 1.82) is 0 Å². The average molecular weight is 394 g/mol. The standard InChI is InChI=1S/C19H21Cl2N3O2/c1-26-14-6-4-13(5-7-14)16(24-10-2-3-11-24)12-22-19(25)18-15(20)8-9-17(21)23-18/h4-9,16H,2-3,10-12H2,1H3,(H,22,25). The molecule has 1 atom stereocenters. The van der Waals surface area contributed by atoms with E-state index >= 15 is 0 Å². The molecule has 5 nitrogen and oxygen atoms in total. The largest absolute Gasteiger partial charge is 0.497 e. The number of benzene rings is 1. The fourth-order valence-electron chi connectivity index (χ4n) is 3.19. The number of aromatic nitrogens is 1. The van der Waals surface area contributed by atoms with Crippen LogP contribution in [-0.4, -0.2) is 42.5 Å². The highest BCUT2D eigenvalue weighted by Gasteiger charge is 2.25. The topological polar surface area (TPSA) is 54.5 Å². The van der Waals surface area contributed by atoms with Crippen molar-refractivity contribution in [2.75, 3.05) is 26.7 Å². The van der Waals surface area contributed by atoms with Gasteiger partial charge >= 0.3 is 0 Å². The maximum atomic E-state index is 12.5. The van der Waals surface area contributed by atoms with Gasteiger partial charge < -0.3 is 10.1 Å². The van der Waals surface area contributed by atoms with Crippen molar-refractivity contribution in [3.05, 3.63) is 57.8 Å². The Morgan fingerprint density at radius 1 is 1.19 bits per heavy atom. The van der Waals surface area contributed by atoms with Gasteiger partial charge in [0.25, 0.3) is 5.91 Å². The number of hydrogen-bond donors (Lipinski definition) is 1. The Bertz CT molecular complexity index is 762. The number of likely N-dealkylation sites (tertiary alicyclic amines) is 1. The van der Waals surface area contributed by atoms with E-state index < -0.39 is 0 Å². The molecule has 0 bridgehead atoms. The zero-order valence-electron chi connectivity index (χ0n) is 14.5. The van der Waals surface area contributed by atoms with Crippen LogP contribution in [0.4, 0.5) is 0 Å². The smallest absolute Gasteiger partial charge is 0.271 e. The highest BCUT2D eigenvalue weighted by atomic mass is 35.5. The van der Waals surface area contributed by atoms with Gasteiger partial charge in [0, 0.05) is 6.54 Å². The molecule has 7 heteroatoms. The molecule has 1 saturated heterocycles. The summed E-state index contributed by atoms with van der Waals surface area (Å²) < 4.78 is 5.24. The number of carbonyl (C=O) groups is 1. The van der Waals surface area contributed by atoms with Gasteiger partial charge in [-0.25, -0.2) is 4.98 Å². The Morgan fingerprint density at radius 3 is 2.54 bits per heavy atom. The summed E-state index contributed by atoms with van der Waals surface area (Å²) in [5.74, 6) is 0.489. The molecule has 1 aliphatic heterocycles. The van der Waals surface area contributed by atoms with Gasteiger partial charge in [-0.3, -0.25) is 9.69 Å². The molecule has 2 heterocycles. The highest BCUT2D eigenvalue weighted by Crippen LogP contribution is 2.26. The SMILES string of the molecule is COc1ccc(C(CNC(=O)c2nc(Cl)ccc2Cl)N2CCCC2)cc1. The van der Waals surface area contributed by atoms with Crippen molar-refractivity contribution in [1.82, 2.24) is 15.2 Å². The highest BCUT2D eigenvalue weighted by molar-refractivity contribution is 6.34. The zero-order valence-corrected chi connectivity index (χ0v) is 16.1. The molecule has 26 heavy (non-hydrogen) atoms. The normalized spacial score (nSPS) is 15.7. The summed E-state index contributed by atoms with van der Waals surface area (Å²) in [6, 6.07) is 11.2. The predicted octanol–water partition coefficient (Wildman–Crippen LogP) is 3.96. The van der Waals surface area contributed by atoms with Gasteiger partial charge in [0.2, 0.25) is 0 Å². The molecule has 138 valence electrons. The first-order valence-corrected chi connectivity index (χ1v) is 9.32. The van der Waals surface area contributed by atoms with Gasteiger partial charge in [-0.05, 0) is 55.8 Å². The van der Waals surface area contributed by atoms with Crippen LogP contribution < -0.4 is 10.1 Å². The Hall–Kier alpha value is -1.82. The minimum Gasteiger partial charge on any atom is -0.497 e. The first-order valence-electron chi connectivity index (χ1n) is 8.56. The molecule has 2 aromatic rings. The number of ether oxygens (including phenoxy) is 1. The van der Waals surface area contributed by atoms with E-state index in [4.69, 9.17) is 27.9 Å². The summed E-state index contributed by atoms with van der Waals surface area (Å²) in [6.45, 7) is 2.50. The molecule has 1 unspecified atom stereocenters. The number of nitrogens with zero attached hydrogens (tertiary/aromatic N) is 2. The van der Waals surface area contributed by atoms with E-state index in [2.05, 4.69) is 15.2 Å². The molecule has 0 saturated carbocycles. The summed E-state index contributed by atoms with van der Waals surface area (Å²) in [5, 5.41) is 3.48. The van der Waals surface area contributed by atoms with Gasteiger partial charge in [-0.2, -0.15) is 0 Å². The third-order valence-electron chi connectivity index (χ3n) is 4.57. The fourth-order valence-corrected chi connectivity index (χ4v) is 3.53. The van der Waals surface area contributed by atoms with Crippen molar-refractivity contribution in [2.45, 2.75) is 18.9 Å². The summed E-state index contributed by atoms with van der Waals surface area (Å²) in [4.78, 5) is 18.9. The molecule has 1 aromatic heterocycles. The lowest BCUT2D eigenvalue weighted by Crippen LogP contribution is -2.37. The zero-order chi connectivity index (χ0) is 18.5. The maximum absolute atomic E-state index is 12.5. The number of hydrogen-bond acceptors (Lipinski definition) is 4. The second kappa shape index (κ2) is 8.71. The fraction of sp³-hybridized carbons (Fsp3) is 0.368. The molecule has 0 spiro atoms. The minimum atomic E-state index is -0.324. The maximum Gasteiger partial charge on any atom is 0.271 e. The summed E-state index contributed by atoms with van der Waals surface area (Å²) in [5.41, 5.74) is 1.28. The van der Waals surface area contributed by atoms with Crippen molar-refractivity contribution in [3.8, 4) is 5.75 Å². The summed E-state index contributed by atoms with van der Waals surface area (Å²) in [6.07, 6.45) is 2.34. The second-order valence-electron chi connectivity index (χ2n) is 6.21. The van der Waals surface area contributed by atoms with Crippen LogP contribution in [0.25, 0.3) is 0 Å². The van der Waals surface area contributed by atoms with Crippen LogP contribution in [0.3, 0.4) is 0 Å². The second-order valence-corrected chi connectivity index (χ2v) is 7.00. The molecular weight excluding hydrogens is 373 g/mol. The van der Waals surface area contributed by atoms with Crippen molar-refractivity contribution >= 4 is 29.1 Å². The van der Waals surface area contributed by atoms with Crippen molar-refractivity contribution in [2.24, 2.45) is 0 Å². The molecule has 1 aliphatic rings. The first kappa shape index (κ1) is 19.0. The molecular formula is C19H21Cl2N3O2. The number of rotatable bonds is 6. The number of halogens is 2. The molecule has 0 radical (unpaired) electrons. The van der Waals surface area contributed by atoms with Gasteiger partial charge in [0.15, 0.2) is 0 Å². The number of amides is 1. The molecule has 1 amide bonds. The minimum absolute atomic E-state index is 0.0883. The Morgan fingerprint density at radius 2 is 1.88 bits per heavy atom. The summed E-state index contributed by atoms with van der Waals surface area (Å²) in [7, 11) is 1.65. The van der Waals surface area contributed by atoms with Crippen LogP contribution in [0, 0.1) is 0 Å². The Kier molecular flexibility index (Phi) is 6.35. The van der Waals surface area contributed by atoms with E-state index in [1.54, 1.807) is 19.2 Å². The van der Waals surface area contributed by atoms with E-state index in [0.717, 1.165) is 24.4 Å². The van der Waals surface area contributed by atoms with Crippen molar-refractivity contribution in [3.63, 3.8) is 0 Å². The average Bonchev–Trinajstić information content (AvgIpc) is 3.18. The molecule has 1 fully saturated rings. The van der Waals surface area contributed by atoms with Crippen LogP contribution in [0.15, 0.2) is 36.4 Å². The lowest BCUT2D eigenvalue weighted by molar-refractivity contribution is 0.0933. The quantitative estimate of drug-likeness (QED) is 0.754. The van der Waals surface area contributed by atoms with E-state index in [1.165, 1.54) is 12.8 Å². The number of nitrogens with one attached hydrogen (secondary N) is 1. The number of pyridine rings is 1. The van der Waals surface area contributed by atoms with Crippen LogP contribution in [0.2, 0.25) is 10.2 Å². The first-order chi connectivity index (χ1) is 12.6. The molecule has 1 N–H and O–H groups in total. The molecule has 1 aromatic carbocycles. The van der Waals surface area contributed by atoms with Gasteiger partial charge in [-0.1, -0.05) is 35.3 Å². The Labute approximate surface area is 163 Å². The van der Waals surface area contributed by atoms with Crippen LogP contribution in [0.5, 0.6) is 5.75 Å². The van der Waals surface area contributed by atoms with Gasteiger partial charge in [-0.15, -0.1) is 0 Å². The van der Waals surface area contributed by atoms with E-state index in [-0.39, 0.29) is 27.8 Å². The molecule has 3 rings (SSSR count). The number of carbonyl (C=O) groups excluding carboxylic acids is 1. The molecule has 0 aliphatic carbocycles. The van der Waals surface area contributed by atoms with Crippen molar-refractivity contribution < 1.29 is 9.53 Å². The van der Waals surface area contributed by atoms with Gasteiger partial charge in [0.1, 0.15) is 16.6 Å². The van der Waals surface area contributed by atoms with E-state index in [9.17, 15) is 4.79 Å². The third kappa shape index (κ3) is 4.47.